The third-order valence-electron chi connectivity index (χ3n) is 3.44. The Bertz CT molecular complexity index is 608. The predicted octanol–water partition coefficient (Wildman–Crippen LogP) is 2.01. The zero-order chi connectivity index (χ0) is 13.2. The van der Waals surface area contributed by atoms with Crippen LogP contribution in [0.4, 0.5) is 5.13 Å². The Morgan fingerprint density at radius 1 is 1.37 bits per heavy atom. The molecule has 1 aliphatic carbocycles. The van der Waals surface area contributed by atoms with Crippen LogP contribution >= 0.6 is 11.3 Å². The van der Waals surface area contributed by atoms with Gasteiger partial charge in [0.1, 0.15) is 5.69 Å². The number of fused-ring (bicyclic) bond motifs is 1. The number of carbonyl (C=O) groups is 1. The van der Waals surface area contributed by atoms with Gasteiger partial charge in [0.05, 0.1) is 0 Å². The summed E-state index contributed by atoms with van der Waals surface area (Å²) in [6, 6.07) is 8.59. The van der Waals surface area contributed by atoms with E-state index in [2.05, 4.69) is 28.5 Å². The first kappa shape index (κ1) is 12.2. The molecule has 2 aromatic rings. The maximum absolute atomic E-state index is 12.0. The zero-order valence-corrected chi connectivity index (χ0v) is 11.2. The fourth-order valence-corrected chi connectivity index (χ4v) is 3.02. The number of benzene rings is 1. The number of anilines is 1. The summed E-state index contributed by atoms with van der Waals surface area (Å²) in [5.41, 5.74) is 8.68. The molecule has 1 aromatic heterocycles. The molecule has 1 heterocycles. The summed E-state index contributed by atoms with van der Waals surface area (Å²) < 4.78 is 0. The van der Waals surface area contributed by atoms with Gasteiger partial charge in [-0.05, 0) is 30.4 Å². The second kappa shape index (κ2) is 5.01. The highest BCUT2D eigenvalue weighted by molar-refractivity contribution is 7.13. The minimum Gasteiger partial charge on any atom is -0.375 e. The van der Waals surface area contributed by atoms with Crippen LogP contribution < -0.4 is 11.1 Å². The van der Waals surface area contributed by atoms with Gasteiger partial charge in [-0.25, -0.2) is 4.98 Å². The molecule has 1 aromatic carbocycles. The molecule has 3 N–H and O–H groups in total. The number of nitrogens with one attached hydrogen (secondary N) is 1. The number of carbonyl (C=O) groups excluding carboxylic acids is 1. The molecule has 5 heteroatoms. The minimum absolute atomic E-state index is 0.127. The number of hydrogen-bond donors (Lipinski definition) is 2. The number of aryl methyl sites for hydroxylation is 1. The third-order valence-corrected chi connectivity index (χ3v) is 4.11. The van der Waals surface area contributed by atoms with Crippen LogP contribution in [-0.4, -0.2) is 16.9 Å². The molecule has 3 rings (SSSR count). The summed E-state index contributed by atoms with van der Waals surface area (Å²) in [7, 11) is 0. The molecule has 0 radical (unpaired) electrons. The first-order valence-electron chi connectivity index (χ1n) is 6.31. The highest BCUT2D eigenvalue weighted by Crippen LogP contribution is 2.21. The molecule has 1 unspecified atom stereocenters. The summed E-state index contributed by atoms with van der Waals surface area (Å²) >= 11 is 1.29. The van der Waals surface area contributed by atoms with E-state index in [1.165, 1.54) is 22.5 Å². The minimum atomic E-state index is -0.127. The van der Waals surface area contributed by atoms with E-state index in [1.807, 2.05) is 6.07 Å². The summed E-state index contributed by atoms with van der Waals surface area (Å²) in [6.45, 7) is 0. The lowest BCUT2D eigenvalue weighted by Crippen LogP contribution is -2.39. The smallest absolute Gasteiger partial charge is 0.271 e. The average molecular weight is 273 g/mol. The zero-order valence-electron chi connectivity index (χ0n) is 10.4. The van der Waals surface area contributed by atoms with Gasteiger partial charge in [-0.3, -0.25) is 4.79 Å². The Morgan fingerprint density at radius 2 is 2.16 bits per heavy atom. The largest absolute Gasteiger partial charge is 0.375 e. The Morgan fingerprint density at radius 3 is 2.89 bits per heavy atom. The van der Waals surface area contributed by atoms with E-state index in [1.54, 1.807) is 5.38 Å². The molecule has 4 nitrogen and oxygen atoms in total. The van der Waals surface area contributed by atoms with Gasteiger partial charge >= 0.3 is 0 Å². The van der Waals surface area contributed by atoms with Crippen molar-refractivity contribution < 1.29 is 4.79 Å². The average Bonchev–Trinajstić information content (AvgIpc) is 2.85. The number of nitrogens with zero attached hydrogens (tertiary/aromatic N) is 1. The number of nitrogens with two attached hydrogens (primary N) is 1. The Hall–Kier alpha value is -1.88. The van der Waals surface area contributed by atoms with E-state index in [-0.39, 0.29) is 11.9 Å². The molecule has 0 saturated carbocycles. The monoisotopic (exact) mass is 273 g/mol. The first-order valence-corrected chi connectivity index (χ1v) is 7.19. The molecule has 1 aliphatic rings. The van der Waals surface area contributed by atoms with Crippen LogP contribution in [0.3, 0.4) is 0 Å². The van der Waals surface area contributed by atoms with E-state index in [0.717, 1.165) is 19.3 Å². The van der Waals surface area contributed by atoms with Gasteiger partial charge < -0.3 is 11.1 Å². The van der Waals surface area contributed by atoms with Gasteiger partial charge in [-0.1, -0.05) is 24.3 Å². The molecule has 0 saturated heterocycles. The van der Waals surface area contributed by atoms with Crippen molar-refractivity contribution in [3.8, 4) is 0 Å². The summed E-state index contributed by atoms with van der Waals surface area (Å²) in [5.74, 6) is -0.127. The van der Waals surface area contributed by atoms with Gasteiger partial charge in [0.25, 0.3) is 5.91 Å². The molecule has 0 aliphatic heterocycles. The van der Waals surface area contributed by atoms with Crippen LogP contribution in [-0.2, 0) is 12.8 Å². The van der Waals surface area contributed by atoms with Crippen molar-refractivity contribution in [1.29, 1.82) is 0 Å². The SMILES string of the molecule is Nc1nc(C(=O)NC2CCc3ccccc3C2)cs1. The van der Waals surface area contributed by atoms with Crippen LogP contribution in [0.1, 0.15) is 28.0 Å². The summed E-state index contributed by atoms with van der Waals surface area (Å²) in [5, 5.41) is 5.16. The van der Waals surface area contributed by atoms with Crippen LogP contribution in [0.2, 0.25) is 0 Å². The quantitative estimate of drug-likeness (QED) is 0.879. The first-order chi connectivity index (χ1) is 9.22. The van der Waals surface area contributed by atoms with Crippen LogP contribution in [0, 0.1) is 0 Å². The van der Waals surface area contributed by atoms with E-state index in [4.69, 9.17) is 5.73 Å². The summed E-state index contributed by atoms with van der Waals surface area (Å²) in [4.78, 5) is 16.0. The number of nitrogen functional groups attached to an aromatic ring is 1. The predicted molar refractivity (Wildman–Crippen MR) is 76.2 cm³/mol. The molecular weight excluding hydrogens is 258 g/mol. The number of amides is 1. The van der Waals surface area contributed by atoms with Crippen LogP contribution in [0.5, 0.6) is 0 Å². The van der Waals surface area contributed by atoms with Gasteiger partial charge in [0.2, 0.25) is 0 Å². The number of aromatic nitrogens is 1. The maximum atomic E-state index is 12.0. The topological polar surface area (TPSA) is 68.0 Å². The highest BCUT2D eigenvalue weighted by Gasteiger charge is 2.21. The molecule has 98 valence electrons. The Balaban J connectivity index is 1.68. The van der Waals surface area contributed by atoms with Crippen molar-refractivity contribution >= 4 is 22.4 Å². The van der Waals surface area contributed by atoms with Crippen molar-refractivity contribution in [2.75, 3.05) is 5.73 Å². The molecule has 19 heavy (non-hydrogen) atoms. The van der Waals surface area contributed by atoms with Crippen LogP contribution in [0.25, 0.3) is 0 Å². The van der Waals surface area contributed by atoms with Gasteiger partial charge in [0.15, 0.2) is 5.13 Å². The molecule has 0 spiro atoms. The molecule has 0 fully saturated rings. The lowest BCUT2D eigenvalue weighted by atomic mass is 9.88. The molecule has 1 atom stereocenters. The maximum Gasteiger partial charge on any atom is 0.271 e. The second-order valence-corrected chi connectivity index (χ2v) is 5.64. The van der Waals surface area contributed by atoms with E-state index >= 15 is 0 Å². The standard InChI is InChI=1S/C14H15N3OS/c15-14-17-12(8-19-14)13(18)16-11-6-5-9-3-1-2-4-10(9)7-11/h1-4,8,11H,5-7H2,(H2,15,17)(H,16,18). The van der Waals surface area contributed by atoms with E-state index in [0.29, 0.717) is 10.8 Å². The molecule has 1 amide bonds. The summed E-state index contributed by atoms with van der Waals surface area (Å²) in [6.07, 6.45) is 2.88. The molecular formula is C14H15N3OS. The number of rotatable bonds is 2. The van der Waals surface area contributed by atoms with Crippen LogP contribution in [0.15, 0.2) is 29.6 Å². The van der Waals surface area contributed by atoms with Gasteiger partial charge in [-0.15, -0.1) is 11.3 Å². The fourth-order valence-electron chi connectivity index (χ4n) is 2.47. The second-order valence-electron chi connectivity index (χ2n) is 4.75. The third kappa shape index (κ3) is 2.61. The number of hydrogen-bond acceptors (Lipinski definition) is 4. The van der Waals surface area contributed by atoms with Crippen molar-refractivity contribution in [1.82, 2.24) is 10.3 Å². The fraction of sp³-hybridized carbons (Fsp3) is 0.286. The number of thiazole rings is 1. The van der Waals surface area contributed by atoms with E-state index < -0.39 is 0 Å². The van der Waals surface area contributed by atoms with Crippen molar-refractivity contribution in [2.45, 2.75) is 25.3 Å². The van der Waals surface area contributed by atoms with Gasteiger partial charge in [0, 0.05) is 11.4 Å². The normalized spacial score (nSPS) is 17.8. The van der Waals surface area contributed by atoms with Crippen molar-refractivity contribution in [2.24, 2.45) is 0 Å². The Labute approximate surface area is 115 Å². The lowest BCUT2D eigenvalue weighted by molar-refractivity contribution is 0.0929. The highest BCUT2D eigenvalue weighted by atomic mass is 32.1. The van der Waals surface area contributed by atoms with Crippen molar-refractivity contribution in [3.63, 3.8) is 0 Å². The van der Waals surface area contributed by atoms with Gasteiger partial charge in [-0.2, -0.15) is 0 Å². The molecule has 0 bridgehead atoms. The van der Waals surface area contributed by atoms with E-state index in [9.17, 15) is 4.79 Å². The lowest BCUT2D eigenvalue weighted by Gasteiger charge is -2.25. The van der Waals surface area contributed by atoms with Crippen molar-refractivity contribution in [3.05, 3.63) is 46.5 Å². The Kier molecular flexibility index (Phi) is 3.21.